The molecule has 1 heteroatoms. The Kier molecular flexibility index (Phi) is 2.63. The second kappa shape index (κ2) is 3.96. The summed E-state index contributed by atoms with van der Waals surface area (Å²) in [6, 6.07) is 10.4. The van der Waals surface area contributed by atoms with Crippen molar-refractivity contribution in [3.05, 3.63) is 47.5 Å². The Morgan fingerprint density at radius 2 is 2.00 bits per heavy atom. The lowest BCUT2D eigenvalue weighted by atomic mass is 9.58. The Labute approximate surface area is 110 Å². The van der Waals surface area contributed by atoms with Crippen molar-refractivity contribution in [3.8, 4) is 0 Å². The number of fused-ring (bicyclic) bond motifs is 2. The van der Waals surface area contributed by atoms with Gasteiger partial charge in [-0.25, -0.2) is 0 Å². The minimum Gasteiger partial charge on any atom is -0.337 e. The number of rotatable bonds is 2. The fourth-order valence-electron chi connectivity index (χ4n) is 4.34. The van der Waals surface area contributed by atoms with Crippen molar-refractivity contribution in [2.24, 2.45) is 5.41 Å². The molecule has 18 heavy (non-hydrogen) atoms. The Morgan fingerprint density at radius 1 is 1.33 bits per heavy atom. The molecule has 3 atom stereocenters. The van der Waals surface area contributed by atoms with E-state index >= 15 is 0 Å². The molecule has 2 N–H and O–H groups in total. The zero-order valence-corrected chi connectivity index (χ0v) is 11.7. The molecule has 0 saturated carbocycles. The van der Waals surface area contributed by atoms with Gasteiger partial charge in [-0.3, -0.25) is 0 Å². The predicted molar refractivity (Wildman–Crippen MR) is 75.5 cm³/mol. The normalized spacial score (nSPS) is 32.1. The summed E-state index contributed by atoms with van der Waals surface area (Å²) >= 11 is 0. The minimum atomic E-state index is 0.424. The molecule has 2 aliphatic heterocycles. The minimum absolute atomic E-state index is 0.424. The van der Waals surface area contributed by atoms with Gasteiger partial charge >= 0.3 is 0 Å². The van der Waals surface area contributed by atoms with Crippen LogP contribution in [0.5, 0.6) is 0 Å². The summed E-state index contributed by atoms with van der Waals surface area (Å²) in [6.07, 6.45) is 2.46. The summed E-state index contributed by atoms with van der Waals surface area (Å²) in [5, 5.41) is 2.60. The molecule has 0 aromatic heterocycles. The highest BCUT2D eigenvalue weighted by molar-refractivity contribution is 5.39. The number of quaternary nitrogens is 1. The summed E-state index contributed by atoms with van der Waals surface area (Å²) in [5.74, 6) is 0.676. The predicted octanol–water partition coefficient (Wildman–Crippen LogP) is 3.15. The lowest BCUT2D eigenvalue weighted by Gasteiger charge is -2.51. The zero-order chi connectivity index (χ0) is 12.9. The molecule has 4 rings (SSSR count). The van der Waals surface area contributed by atoms with Gasteiger partial charge in [0.2, 0.25) is 0 Å². The van der Waals surface area contributed by atoms with Crippen LogP contribution in [-0.2, 0) is 0 Å². The second-order valence-electron chi connectivity index (χ2n) is 6.92. The fraction of sp³-hybridized carbons (Fsp3) is 0.529. The maximum Gasteiger partial charge on any atom is 0.113 e. The lowest BCUT2D eigenvalue weighted by molar-refractivity contribution is -0.749. The summed E-state index contributed by atoms with van der Waals surface area (Å²) < 4.78 is 0. The van der Waals surface area contributed by atoms with E-state index in [1.165, 1.54) is 12.0 Å². The van der Waals surface area contributed by atoms with Gasteiger partial charge in [-0.15, -0.1) is 0 Å². The molecular weight excluding hydrogens is 218 g/mol. The molecule has 1 aromatic rings. The molecule has 1 fully saturated rings. The van der Waals surface area contributed by atoms with Crippen LogP contribution in [-0.4, -0.2) is 6.04 Å². The summed E-state index contributed by atoms with van der Waals surface area (Å²) in [6.45, 7) is 11.2. The fourth-order valence-corrected chi connectivity index (χ4v) is 4.34. The smallest absolute Gasteiger partial charge is 0.113 e. The molecular formula is C17H24N+. The van der Waals surface area contributed by atoms with E-state index in [-0.39, 0.29) is 0 Å². The first-order chi connectivity index (χ1) is 8.49. The van der Waals surface area contributed by atoms with Gasteiger partial charge in [-0.1, -0.05) is 50.3 Å². The molecule has 0 amide bonds. The molecule has 1 aliphatic carbocycles. The molecule has 1 saturated heterocycles. The zero-order valence-electron chi connectivity index (χ0n) is 11.7. The number of hydrogen-bond acceptors (Lipinski definition) is 0. The first-order valence-electron chi connectivity index (χ1n) is 7.07. The van der Waals surface area contributed by atoms with Crippen LogP contribution in [0.15, 0.2) is 36.4 Å². The van der Waals surface area contributed by atoms with Crippen molar-refractivity contribution < 1.29 is 5.32 Å². The number of piperidine rings is 1. The number of nitrogens with two attached hydrogens (primary N) is 1. The number of hydrogen-bond donors (Lipinski definition) is 1. The van der Waals surface area contributed by atoms with Crippen molar-refractivity contribution in [1.29, 1.82) is 0 Å². The second-order valence-corrected chi connectivity index (χ2v) is 6.92. The van der Waals surface area contributed by atoms with E-state index in [1.54, 1.807) is 11.1 Å². The summed E-state index contributed by atoms with van der Waals surface area (Å²) in [5.41, 5.74) is 4.93. The van der Waals surface area contributed by atoms with Gasteiger partial charge in [0.05, 0.1) is 6.04 Å². The van der Waals surface area contributed by atoms with E-state index in [2.05, 4.69) is 56.9 Å². The highest BCUT2D eigenvalue weighted by atomic mass is 15.0. The highest BCUT2D eigenvalue weighted by Crippen LogP contribution is 2.52. The van der Waals surface area contributed by atoms with Crippen LogP contribution >= 0.6 is 0 Å². The van der Waals surface area contributed by atoms with Gasteiger partial charge in [0, 0.05) is 24.3 Å². The van der Waals surface area contributed by atoms with Crippen LogP contribution in [0, 0.1) is 5.41 Å². The van der Waals surface area contributed by atoms with E-state index in [0.29, 0.717) is 23.4 Å². The molecule has 1 aromatic carbocycles. The van der Waals surface area contributed by atoms with Crippen LogP contribution in [0.25, 0.3) is 0 Å². The Balaban J connectivity index is 2.06. The Hall–Kier alpha value is -1.08. The van der Waals surface area contributed by atoms with Crippen molar-refractivity contribution in [2.75, 3.05) is 0 Å². The van der Waals surface area contributed by atoms with Gasteiger partial charge in [-0.05, 0) is 17.9 Å². The SMILES string of the molecule is C=C(C)C[C@H]1[NH2+][C@H]2CC(C)(C)[C@H]1c1ccccc12. The maximum absolute atomic E-state index is 4.12. The summed E-state index contributed by atoms with van der Waals surface area (Å²) in [7, 11) is 0. The van der Waals surface area contributed by atoms with E-state index in [0.717, 1.165) is 6.42 Å². The Morgan fingerprint density at radius 3 is 2.67 bits per heavy atom. The Bertz CT molecular complexity index is 486. The van der Waals surface area contributed by atoms with Crippen LogP contribution < -0.4 is 5.32 Å². The first-order valence-corrected chi connectivity index (χ1v) is 7.07. The van der Waals surface area contributed by atoms with Crippen LogP contribution in [0.3, 0.4) is 0 Å². The molecule has 0 spiro atoms. The van der Waals surface area contributed by atoms with Gasteiger partial charge < -0.3 is 5.32 Å². The lowest BCUT2D eigenvalue weighted by Crippen LogP contribution is -2.96. The molecule has 0 unspecified atom stereocenters. The monoisotopic (exact) mass is 242 g/mol. The van der Waals surface area contributed by atoms with Crippen molar-refractivity contribution in [2.45, 2.75) is 51.6 Å². The van der Waals surface area contributed by atoms with Gasteiger partial charge in [0.1, 0.15) is 6.04 Å². The van der Waals surface area contributed by atoms with Crippen LogP contribution in [0.1, 0.15) is 56.7 Å². The van der Waals surface area contributed by atoms with Crippen LogP contribution in [0.4, 0.5) is 0 Å². The van der Waals surface area contributed by atoms with Crippen molar-refractivity contribution >= 4 is 0 Å². The number of benzene rings is 1. The van der Waals surface area contributed by atoms with E-state index in [1.807, 2.05) is 0 Å². The molecule has 3 aliphatic rings. The summed E-state index contributed by atoms with van der Waals surface area (Å²) in [4.78, 5) is 0. The first kappa shape index (κ1) is 12.0. The molecule has 2 heterocycles. The maximum atomic E-state index is 4.12. The third-order valence-corrected chi connectivity index (χ3v) is 4.81. The average molecular weight is 242 g/mol. The third kappa shape index (κ3) is 1.73. The molecule has 0 radical (unpaired) electrons. The van der Waals surface area contributed by atoms with Gasteiger partial charge in [0.15, 0.2) is 0 Å². The van der Waals surface area contributed by atoms with E-state index in [9.17, 15) is 0 Å². The van der Waals surface area contributed by atoms with Crippen molar-refractivity contribution in [3.63, 3.8) is 0 Å². The van der Waals surface area contributed by atoms with E-state index in [4.69, 9.17) is 0 Å². The van der Waals surface area contributed by atoms with Gasteiger partial charge in [-0.2, -0.15) is 0 Å². The standard InChI is InChI=1S/C17H23N/c1-11(2)9-14-16-13-8-6-5-7-12(13)15(18-14)10-17(16,3)4/h5-8,14-16,18H,1,9-10H2,2-4H3/p+1/t14-,15+,16+/m1/s1. The highest BCUT2D eigenvalue weighted by Gasteiger charge is 2.52. The molecule has 96 valence electrons. The molecule has 1 nitrogen and oxygen atoms in total. The van der Waals surface area contributed by atoms with Gasteiger partial charge in [0.25, 0.3) is 0 Å². The third-order valence-electron chi connectivity index (χ3n) is 4.81. The van der Waals surface area contributed by atoms with E-state index < -0.39 is 0 Å². The van der Waals surface area contributed by atoms with Crippen LogP contribution in [0.2, 0.25) is 0 Å². The average Bonchev–Trinajstić information content (AvgIpc) is 2.26. The topological polar surface area (TPSA) is 16.6 Å². The largest absolute Gasteiger partial charge is 0.337 e. The quantitative estimate of drug-likeness (QED) is 0.767. The molecule has 2 bridgehead atoms. The van der Waals surface area contributed by atoms with Crippen molar-refractivity contribution in [1.82, 2.24) is 0 Å².